The van der Waals surface area contributed by atoms with Crippen LogP contribution >= 0.6 is 0 Å². The van der Waals surface area contributed by atoms with Crippen molar-refractivity contribution in [3.63, 3.8) is 0 Å². The van der Waals surface area contributed by atoms with Crippen LogP contribution in [0.1, 0.15) is 30.7 Å². The lowest BCUT2D eigenvalue weighted by Gasteiger charge is -2.20. The van der Waals surface area contributed by atoms with Gasteiger partial charge in [0.05, 0.1) is 11.7 Å². The topological polar surface area (TPSA) is 14.1 Å². The molecule has 1 fully saturated rings. The Hall–Kier alpha value is -1.76. The summed E-state index contributed by atoms with van der Waals surface area (Å²) in [5.74, 6) is 0.603. The summed E-state index contributed by atoms with van der Waals surface area (Å²) in [5, 5.41) is 4.92. The highest BCUT2D eigenvalue weighted by Crippen LogP contribution is 2.36. The molecule has 0 saturated heterocycles. The van der Waals surface area contributed by atoms with Crippen LogP contribution in [-0.2, 0) is 0 Å². The lowest BCUT2D eigenvalue weighted by molar-refractivity contribution is 0.539. The van der Waals surface area contributed by atoms with E-state index < -0.39 is 0 Å². The third kappa shape index (κ3) is 2.40. The number of hydrogen-bond acceptors (Lipinski definition) is 0. The van der Waals surface area contributed by atoms with Gasteiger partial charge < -0.3 is 0 Å². The maximum Gasteiger partial charge on any atom is 0.0577 e. The van der Waals surface area contributed by atoms with Crippen molar-refractivity contribution < 1.29 is 0 Å². The zero-order valence-electron chi connectivity index (χ0n) is 10.5. The van der Waals surface area contributed by atoms with Gasteiger partial charge in [-0.15, -0.1) is 0 Å². The van der Waals surface area contributed by atoms with Crippen LogP contribution in [-0.4, -0.2) is 6.04 Å². The Kier molecular flexibility index (Phi) is 3.31. The number of para-hydroxylation sites is 1. The first-order chi connectivity index (χ1) is 8.93. The van der Waals surface area contributed by atoms with E-state index in [1.165, 1.54) is 24.8 Å². The monoisotopic (exact) mass is 236 g/mol. The second-order valence-electron chi connectivity index (χ2n) is 4.98. The molecule has 2 atom stereocenters. The number of hydrogen-bond donors (Lipinski definition) is 0. The van der Waals surface area contributed by atoms with E-state index in [9.17, 15) is 0 Å². The van der Waals surface area contributed by atoms with Crippen molar-refractivity contribution in [2.45, 2.75) is 31.2 Å². The Morgan fingerprint density at radius 3 is 2.17 bits per heavy atom. The highest BCUT2D eigenvalue weighted by molar-refractivity contribution is 5.36. The number of rotatable bonds is 3. The lowest BCUT2D eigenvalue weighted by Crippen LogP contribution is -2.21. The van der Waals surface area contributed by atoms with E-state index in [0.29, 0.717) is 12.0 Å². The molecule has 1 radical (unpaired) electrons. The number of benzene rings is 2. The SMILES string of the molecule is c1ccc([N]C2CCCC2c2ccccc2)cc1. The molecule has 0 aliphatic heterocycles. The predicted molar refractivity (Wildman–Crippen MR) is 75.1 cm³/mol. The molecule has 1 nitrogen and oxygen atoms in total. The molecule has 0 amide bonds. The molecular formula is C17H18N. The molecule has 2 unspecified atom stereocenters. The average Bonchev–Trinajstić information content (AvgIpc) is 2.89. The van der Waals surface area contributed by atoms with Crippen LogP contribution in [0.4, 0.5) is 5.69 Å². The minimum atomic E-state index is 0.454. The minimum Gasteiger partial charge on any atom is -0.281 e. The Bertz CT molecular complexity index is 477. The minimum absolute atomic E-state index is 0.454. The summed E-state index contributed by atoms with van der Waals surface area (Å²) < 4.78 is 0. The summed E-state index contributed by atoms with van der Waals surface area (Å²) in [7, 11) is 0. The van der Waals surface area contributed by atoms with E-state index in [-0.39, 0.29) is 0 Å². The maximum atomic E-state index is 4.92. The fraction of sp³-hybridized carbons (Fsp3) is 0.294. The summed E-state index contributed by atoms with van der Waals surface area (Å²) >= 11 is 0. The largest absolute Gasteiger partial charge is 0.281 e. The molecule has 1 aliphatic rings. The number of nitrogens with zero attached hydrogens (tertiary/aromatic N) is 1. The molecule has 0 bridgehead atoms. The third-order valence-corrected chi connectivity index (χ3v) is 3.78. The molecule has 2 aromatic carbocycles. The Balaban J connectivity index is 1.76. The lowest BCUT2D eigenvalue weighted by atomic mass is 9.94. The van der Waals surface area contributed by atoms with E-state index in [1.54, 1.807) is 0 Å². The fourth-order valence-corrected chi connectivity index (χ4v) is 2.89. The van der Waals surface area contributed by atoms with E-state index in [1.807, 2.05) is 6.07 Å². The van der Waals surface area contributed by atoms with Crippen molar-refractivity contribution in [1.29, 1.82) is 0 Å². The summed E-state index contributed by atoms with van der Waals surface area (Å²) in [6.07, 6.45) is 3.78. The smallest absolute Gasteiger partial charge is 0.0577 e. The molecule has 0 spiro atoms. The molecule has 0 aromatic heterocycles. The van der Waals surface area contributed by atoms with Crippen molar-refractivity contribution >= 4 is 5.69 Å². The van der Waals surface area contributed by atoms with Gasteiger partial charge in [-0.3, -0.25) is 5.32 Å². The van der Waals surface area contributed by atoms with E-state index in [0.717, 1.165) is 5.69 Å². The van der Waals surface area contributed by atoms with Gasteiger partial charge in [-0.05, 0) is 30.5 Å². The molecule has 91 valence electrons. The molecular weight excluding hydrogens is 218 g/mol. The molecule has 3 rings (SSSR count). The van der Waals surface area contributed by atoms with Crippen molar-refractivity contribution in [3.05, 3.63) is 66.2 Å². The fourth-order valence-electron chi connectivity index (χ4n) is 2.89. The van der Waals surface area contributed by atoms with Gasteiger partial charge >= 0.3 is 0 Å². The molecule has 1 aliphatic carbocycles. The summed E-state index contributed by atoms with van der Waals surface area (Å²) in [6, 6.07) is 21.6. The average molecular weight is 236 g/mol. The van der Waals surface area contributed by atoms with E-state index >= 15 is 0 Å². The van der Waals surface area contributed by atoms with Crippen LogP contribution in [0.3, 0.4) is 0 Å². The second-order valence-corrected chi connectivity index (χ2v) is 4.98. The summed E-state index contributed by atoms with van der Waals surface area (Å²) in [5.41, 5.74) is 2.56. The Morgan fingerprint density at radius 2 is 1.44 bits per heavy atom. The van der Waals surface area contributed by atoms with E-state index in [4.69, 9.17) is 5.32 Å². The Morgan fingerprint density at radius 1 is 0.778 bits per heavy atom. The van der Waals surface area contributed by atoms with Crippen molar-refractivity contribution in [2.24, 2.45) is 0 Å². The molecule has 0 N–H and O–H groups in total. The highest BCUT2D eigenvalue weighted by atomic mass is 14.9. The predicted octanol–water partition coefficient (Wildman–Crippen LogP) is 4.26. The van der Waals surface area contributed by atoms with Crippen LogP contribution in [0.25, 0.3) is 0 Å². The van der Waals surface area contributed by atoms with Gasteiger partial charge in [0.2, 0.25) is 0 Å². The van der Waals surface area contributed by atoms with E-state index in [2.05, 4.69) is 54.6 Å². The first kappa shape index (κ1) is 11.3. The van der Waals surface area contributed by atoms with Gasteiger partial charge in [0.15, 0.2) is 0 Å². The zero-order chi connectivity index (χ0) is 12.2. The van der Waals surface area contributed by atoms with Gasteiger partial charge in [-0.2, -0.15) is 0 Å². The normalized spacial score (nSPS) is 22.9. The molecule has 18 heavy (non-hydrogen) atoms. The summed E-state index contributed by atoms with van der Waals surface area (Å²) in [6.45, 7) is 0. The summed E-state index contributed by atoms with van der Waals surface area (Å²) in [4.78, 5) is 0. The molecule has 2 aromatic rings. The first-order valence-electron chi connectivity index (χ1n) is 6.74. The standard InChI is InChI=1S/C17H18N/c1-3-8-14(9-4-1)16-12-7-13-17(16)18-15-10-5-2-6-11-15/h1-6,8-11,16-17H,7,12-13H2. The molecule has 1 heteroatoms. The quantitative estimate of drug-likeness (QED) is 0.756. The van der Waals surface area contributed by atoms with Gasteiger partial charge in [0, 0.05) is 5.92 Å². The van der Waals surface area contributed by atoms with Crippen LogP contribution in [0.2, 0.25) is 0 Å². The van der Waals surface area contributed by atoms with Crippen molar-refractivity contribution in [3.8, 4) is 0 Å². The van der Waals surface area contributed by atoms with Gasteiger partial charge in [-0.25, -0.2) is 0 Å². The maximum absolute atomic E-state index is 4.92. The molecule has 0 heterocycles. The van der Waals surface area contributed by atoms with Crippen LogP contribution < -0.4 is 5.32 Å². The van der Waals surface area contributed by atoms with Crippen molar-refractivity contribution in [2.75, 3.05) is 0 Å². The van der Waals surface area contributed by atoms with Crippen molar-refractivity contribution in [1.82, 2.24) is 5.32 Å². The molecule has 1 saturated carbocycles. The Labute approximate surface area is 109 Å². The van der Waals surface area contributed by atoms with Gasteiger partial charge in [0.1, 0.15) is 0 Å². The first-order valence-corrected chi connectivity index (χ1v) is 6.74. The highest BCUT2D eigenvalue weighted by Gasteiger charge is 2.29. The van der Waals surface area contributed by atoms with Crippen LogP contribution in [0, 0.1) is 0 Å². The third-order valence-electron chi connectivity index (χ3n) is 3.78. The van der Waals surface area contributed by atoms with Crippen LogP contribution in [0.5, 0.6) is 0 Å². The zero-order valence-corrected chi connectivity index (χ0v) is 10.5. The second kappa shape index (κ2) is 5.26. The van der Waals surface area contributed by atoms with Gasteiger partial charge in [-0.1, -0.05) is 55.0 Å². The van der Waals surface area contributed by atoms with Crippen LogP contribution in [0.15, 0.2) is 60.7 Å². The van der Waals surface area contributed by atoms with Gasteiger partial charge in [0.25, 0.3) is 0 Å².